The number of hydrogen-bond donors (Lipinski definition) is 0. The van der Waals surface area contributed by atoms with Crippen LogP contribution in [0.25, 0.3) is 5.57 Å². The molecule has 5 unspecified atom stereocenters. The standard InChI is InChI=1S/C38H51ClS/c1-11-14-15-24(4)40-36-32-20-28(25(12-2)13-3)34(37(5,6)7)22-30(32)31-23-35(38(8,9)10)29(21-33(31)36)26-16-18-27(39)19-17-26/h12-13,16-24,30-33,36H,2,11,14-15H2,1,3-10H3/b25-13+/t24?,30?,31?,32-,33?,36?/m0/s1. The van der Waals surface area contributed by atoms with E-state index in [2.05, 4.69) is 129 Å². The molecular formula is C38H51ClS. The first-order valence-electron chi connectivity index (χ1n) is 15.4. The van der Waals surface area contributed by atoms with Crippen LogP contribution in [-0.4, -0.2) is 10.5 Å². The van der Waals surface area contributed by atoms with Crippen molar-refractivity contribution in [2.75, 3.05) is 0 Å². The van der Waals surface area contributed by atoms with Crippen molar-refractivity contribution in [3.63, 3.8) is 0 Å². The number of benzene rings is 1. The molecule has 4 rings (SSSR count). The first-order valence-corrected chi connectivity index (χ1v) is 16.7. The Hall–Kier alpha value is -1.70. The van der Waals surface area contributed by atoms with Crippen molar-refractivity contribution in [2.24, 2.45) is 34.5 Å². The molecule has 0 radical (unpaired) electrons. The molecule has 40 heavy (non-hydrogen) atoms. The summed E-state index contributed by atoms with van der Waals surface area (Å²) in [4.78, 5) is 0. The van der Waals surface area contributed by atoms with E-state index in [1.807, 2.05) is 12.1 Å². The van der Waals surface area contributed by atoms with Crippen LogP contribution < -0.4 is 0 Å². The van der Waals surface area contributed by atoms with E-state index < -0.39 is 0 Å². The highest BCUT2D eigenvalue weighted by Crippen LogP contribution is 2.59. The van der Waals surface area contributed by atoms with Gasteiger partial charge in [-0.1, -0.05) is 135 Å². The number of fused-ring (bicyclic) bond motifs is 3. The SMILES string of the molecule is C=C/C(=C\C)C1=C[C@H]2C(C=C1C(C)(C)C)C1C=C(C(C)(C)C)C(c3ccc(Cl)cc3)=CC1C2SC(C)CCCC. The summed E-state index contributed by atoms with van der Waals surface area (Å²) in [7, 11) is 0. The van der Waals surface area contributed by atoms with E-state index in [-0.39, 0.29) is 10.8 Å². The largest absolute Gasteiger partial charge is 0.154 e. The van der Waals surface area contributed by atoms with E-state index in [1.165, 1.54) is 52.7 Å². The van der Waals surface area contributed by atoms with Crippen LogP contribution in [0, 0.1) is 34.5 Å². The fourth-order valence-electron chi connectivity index (χ4n) is 7.03. The predicted octanol–water partition coefficient (Wildman–Crippen LogP) is 11.9. The number of rotatable bonds is 8. The molecule has 3 aliphatic carbocycles. The molecule has 0 amide bonds. The lowest BCUT2D eigenvalue weighted by molar-refractivity contribution is 0.421. The Morgan fingerprint density at radius 1 is 0.900 bits per heavy atom. The van der Waals surface area contributed by atoms with Crippen LogP contribution in [0.5, 0.6) is 0 Å². The zero-order valence-corrected chi connectivity index (χ0v) is 27.9. The van der Waals surface area contributed by atoms with Gasteiger partial charge in [0.15, 0.2) is 0 Å². The van der Waals surface area contributed by atoms with Crippen LogP contribution >= 0.6 is 23.4 Å². The lowest BCUT2D eigenvalue weighted by Gasteiger charge is -2.36. The molecule has 0 bridgehead atoms. The fraction of sp³-hybridized carbons (Fsp3) is 0.526. The van der Waals surface area contributed by atoms with Gasteiger partial charge in [0.1, 0.15) is 0 Å². The second-order valence-electron chi connectivity index (χ2n) is 14.1. The van der Waals surface area contributed by atoms with Crippen molar-refractivity contribution in [3.05, 3.63) is 100 Å². The number of halogens is 1. The van der Waals surface area contributed by atoms with E-state index in [0.717, 1.165) is 5.02 Å². The number of hydrogen-bond acceptors (Lipinski definition) is 1. The molecule has 1 saturated carbocycles. The summed E-state index contributed by atoms with van der Waals surface area (Å²) in [6.07, 6.45) is 18.8. The number of thioether (sulfide) groups is 1. The minimum Gasteiger partial charge on any atom is -0.154 e. The summed E-state index contributed by atoms with van der Waals surface area (Å²) in [5, 5.41) is 1.98. The minimum absolute atomic E-state index is 0.0543. The molecule has 0 heterocycles. The van der Waals surface area contributed by atoms with Crippen molar-refractivity contribution < 1.29 is 0 Å². The lowest BCUT2D eigenvalue weighted by atomic mass is 9.68. The van der Waals surface area contributed by atoms with E-state index in [4.69, 9.17) is 11.6 Å². The van der Waals surface area contributed by atoms with Gasteiger partial charge in [0.25, 0.3) is 0 Å². The highest BCUT2D eigenvalue weighted by Gasteiger charge is 2.51. The Morgan fingerprint density at radius 3 is 2.00 bits per heavy atom. The molecule has 0 saturated heterocycles. The van der Waals surface area contributed by atoms with Gasteiger partial charge in [-0.15, -0.1) is 0 Å². The van der Waals surface area contributed by atoms with Crippen LogP contribution in [0.15, 0.2) is 89.6 Å². The fourth-order valence-corrected chi connectivity index (χ4v) is 8.87. The Bertz CT molecular complexity index is 1240. The first-order chi connectivity index (χ1) is 18.8. The summed E-state index contributed by atoms with van der Waals surface area (Å²) in [5.74, 6) is 1.99. The summed E-state index contributed by atoms with van der Waals surface area (Å²) >= 11 is 8.57. The average Bonchev–Trinajstić information content (AvgIpc) is 3.18. The van der Waals surface area contributed by atoms with Gasteiger partial charge in [-0.25, -0.2) is 0 Å². The van der Waals surface area contributed by atoms with Crippen molar-refractivity contribution in [1.29, 1.82) is 0 Å². The van der Waals surface area contributed by atoms with Crippen molar-refractivity contribution in [2.45, 2.75) is 92.1 Å². The predicted molar refractivity (Wildman–Crippen MR) is 181 cm³/mol. The molecular weight excluding hydrogens is 524 g/mol. The van der Waals surface area contributed by atoms with Crippen molar-refractivity contribution in [3.8, 4) is 0 Å². The monoisotopic (exact) mass is 574 g/mol. The van der Waals surface area contributed by atoms with Gasteiger partial charge in [0, 0.05) is 15.5 Å². The highest BCUT2D eigenvalue weighted by atomic mass is 35.5. The minimum atomic E-state index is 0.0543. The first kappa shape index (κ1) is 31.2. The van der Waals surface area contributed by atoms with Crippen LogP contribution in [0.1, 0.15) is 87.1 Å². The van der Waals surface area contributed by atoms with E-state index in [9.17, 15) is 0 Å². The average molecular weight is 575 g/mol. The molecule has 0 nitrogen and oxygen atoms in total. The zero-order valence-electron chi connectivity index (χ0n) is 26.4. The van der Waals surface area contributed by atoms with Gasteiger partial charge in [-0.05, 0) is 93.4 Å². The molecule has 3 aliphatic rings. The summed E-state index contributed by atoms with van der Waals surface area (Å²) in [6.45, 7) is 25.3. The highest BCUT2D eigenvalue weighted by molar-refractivity contribution is 8.00. The van der Waals surface area contributed by atoms with Gasteiger partial charge in [0.05, 0.1) is 0 Å². The molecule has 0 aliphatic heterocycles. The third-order valence-electron chi connectivity index (χ3n) is 9.08. The Morgan fingerprint density at radius 2 is 1.48 bits per heavy atom. The van der Waals surface area contributed by atoms with Gasteiger partial charge >= 0.3 is 0 Å². The normalized spacial score (nSPS) is 27.6. The molecule has 216 valence electrons. The van der Waals surface area contributed by atoms with Crippen LogP contribution in [0.4, 0.5) is 0 Å². The van der Waals surface area contributed by atoms with Crippen LogP contribution in [0.2, 0.25) is 5.02 Å². The molecule has 1 aromatic carbocycles. The quantitative estimate of drug-likeness (QED) is 0.278. The Balaban J connectivity index is 1.90. The molecule has 1 aromatic rings. The van der Waals surface area contributed by atoms with Crippen molar-refractivity contribution >= 4 is 28.9 Å². The summed E-state index contributed by atoms with van der Waals surface area (Å²) < 4.78 is 0. The van der Waals surface area contributed by atoms with E-state index >= 15 is 0 Å². The summed E-state index contributed by atoms with van der Waals surface area (Å²) in [6, 6.07) is 8.50. The summed E-state index contributed by atoms with van der Waals surface area (Å²) in [5.41, 5.74) is 8.42. The maximum absolute atomic E-state index is 6.32. The maximum Gasteiger partial charge on any atom is 0.0406 e. The molecule has 2 heteroatoms. The molecule has 1 fully saturated rings. The molecule has 0 spiro atoms. The van der Waals surface area contributed by atoms with E-state index in [1.54, 1.807) is 0 Å². The van der Waals surface area contributed by atoms with Crippen LogP contribution in [-0.2, 0) is 0 Å². The van der Waals surface area contributed by atoms with E-state index in [0.29, 0.717) is 34.2 Å². The number of allylic oxidation sites excluding steroid dienone is 11. The lowest BCUT2D eigenvalue weighted by Crippen LogP contribution is -2.25. The zero-order chi connectivity index (χ0) is 29.4. The topological polar surface area (TPSA) is 0 Å². The second kappa shape index (κ2) is 12.3. The van der Waals surface area contributed by atoms with Gasteiger partial charge in [-0.2, -0.15) is 11.8 Å². The Kier molecular flexibility index (Phi) is 9.58. The smallest absolute Gasteiger partial charge is 0.0406 e. The van der Waals surface area contributed by atoms with Gasteiger partial charge in [-0.3, -0.25) is 0 Å². The van der Waals surface area contributed by atoms with Crippen LogP contribution in [0.3, 0.4) is 0 Å². The molecule has 0 aromatic heterocycles. The van der Waals surface area contributed by atoms with Gasteiger partial charge in [0.2, 0.25) is 0 Å². The number of unbranched alkanes of at least 4 members (excludes halogenated alkanes) is 1. The molecule has 6 atom stereocenters. The van der Waals surface area contributed by atoms with Gasteiger partial charge < -0.3 is 0 Å². The Labute approximate surface area is 254 Å². The second-order valence-corrected chi connectivity index (χ2v) is 16.2. The third-order valence-corrected chi connectivity index (χ3v) is 11.0. The van der Waals surface area contributed by atoms with Crippen molar-refractivity contribution in [1.82, 2.24) is 0 Å². The maximum atomic E-state index is 6.32. The molecule has 0 N–H and O–H groups in total. The third kappa shape index (κ3) is 6.37.